The lowest BCUT2D eigenvalue weighted by Gasteiger charge is -2.26. The number of alkyl halides is 6. The molecule has 0 aliphatic carbocycles. The Kier molecular flexibility index (Phi) is 5.49. The van der Waals surface area contributed by atoms with Gasteiger partial charge in [0.2, 0.25) is 0 Å². The molecular formula is C13H15F6NO. The van der Waals surface area contributed by atoms with Crippen LogP contribution >= 0.6 is 0 Å². The minimum absolute atomic E-state index is 0.234. The van der Waals surface area contributed by atoms with Gasteiger partial charge in [-0.3, -0.25) is 0 Å². The van der Waals surface area contributed by atoms with E-state index in [4.69, 9.17) is 0 Å². The standard InChI is InChI=1S/C13H15F6NO/c1-3-20-8(2)9-6-4-5-7-10(9)21-11(12(14,15)16)13(17,18)19/h4-8,11,20H,3H2,1-2H3. The number of ether oxygens (including phenoxy) is 1. The molecule has 0 heterocycles. The van der Waals surface area contributed by atoms with E-state index in [1.165, 1.54) is 18.2 Å². The smallest absolute Gasteiger partial charge is 0.434 e. The summed E-state index contributed by atoms with van der Waals surface area (Å²) in [5, 5.41) is 2.91. The fourth-order valence-corrected chi connectivity index (χ4v) is 1.81. The van der Waals surface area contributed by atoms with Gasteiger partial charge in [-0.15, -0.1) is 0 Å². The van der Waals surface area contributed by atoms with Gasteiger partial charge in [0.05, 0.1) is 0 Å². The highest BCUT2D eigenvalue weighted by atomic mass is 19.4. The fourth-order valence-electron chi connectivity index (χ4n) is 1.81. The van der Waals surface area contributed by atoms with Crippen LogP contribution in [0.1, 0.15) is 25.5 Å². The maximum atomic E-state index is 12.5. The van der Waals surface area contributed by atoms with Crippen LogP contribution in [0.3, 0.4) is 0 Å². The number of rotatable bonds is 5. The quantitative estimate of drug-likeness (QED) is 0.821. The van der Waals surface area contributed by atoms with Crippen molar-refractivity contribution in [2.24, 2.45) is 0 Å². The minimum atomic E-state index is -5.53. The van der Waals surface area contributed by atoms with E-state index in [1.807, 2.05) is 0 Å². The van der Waals surface area contributed by atoms with Gasteiger partial charge >= 0.3 is 12.4 Å². The summed E-state index contributed by atoms with van der Waals surface area (Å²) < 4.78 is 79.4. The molecule has 1 N–H and O–H groups in total. The first-order valence-corrected chi connectivity index (χ1v) is 6.19. The lowest BCUT2D eigenvalue weighted by atomic mass is 10.1. The summed E-state index contributed by atoms with van der Waals surface area (Å²) in [7, 11) is 0. The average molecular weight is 315 g/mol. The SMILES string of the molecule is CCNC(C)c1ccccc1OC(C(F)(F)F)C(F)(F)F. The third kappa shape index (κ3) is 4.80. The Labute approximate surface area is 118 Å². The first-order valence-electron chi connectivity index (χ1n) is 6.19. The third-order valence-electron chi connectivity index (χ3n) is 2.74. The van der Waals surface area contributed by atoms with Crippen LogP contribution in [0.2, 0.25) is 0 Å². The Bertz CT molecular complexity index is 443. The number of hydrogen-bond acceptors (Lipinski definition) is 2. The van der Waals surface area contributed by atoms with Crippen molar-refractivity contribution in [3.63, 3.8) is 0 Å². The van der Waals surface area contributed by atoms with E-state index in [0.29, 0.717) is 6.54 Å². The number of nitrogens with one attached hydrogen (secondary N) is 1. The Morgan fingerprint density at radius 2 is 1.57 bits per heavy atom. The van der Waals surface area contributed by atoms with Gasteiger partial charge < -0.3 is 10.1 Å². The summed E-state index contributed by atoms with van der Waals surface area (Å²) in [6.45, 7) is 3.91. The van der Waals surface area contributed by atoms with E-state index in [0.717, 1.165) is 6.07 Å². The molecule has 0 bridgehead atoms. The highest BCUT2D eigenvalue weighted by Crippen LogP contribution is 2.38. The zero-order chi connectivity index (χ0) is 16.3. The molecule has 0 saturated heterocycles. The van der Waals surface area contributed by atoms with Crippen molar-refractivity contribution < 1.29 is 31.1 Å². The van der Waals surface area contributed by atoms with Crippen molar-refractivity contribution in [2.75, 3.05) is 6.54 Å². The van der Waals surface area contributed by atoms with E-state index in [1.54, 1.807) is 13.8 Å². The summed E-state index contributed by atoms with van der Waals surface area (Å²) >= 11 is 0. The van der Waals surface area contributed by atoms with Crippen molar-refractivity contribution in [1.82, 2.24) is 5.32 Å². The third-order valence-corrected chi connectivity index (χ3v) is 2.74. The van der Waals surface area contributed by atoms with E-state index in [-0.39, 0.29) is 5.56 Å². The first-order chi connectivity index (χ1) is 9.57. The summed E-state index contributed by atoms with van der Waals surface area (Å²) in [6.07, 6.45) is -14.9. The molecule has 0 radical (unpaired) electrons. The maximum Gasteiger partial charge on any atom is 0.434 e. The molecule has 1 aromatic carbocycles. The van der Waals surface area contributed by atoms with Gasteiger partial charge in [-0.2, -0.15) is 26.3 Å². The van der Waals surface area contributed by atoms with Crippen molar-refractivity contribution in [1.29, 1.82) is 0 Å². The molecular weight excluding hydrogens is 300 g/mol. The van der Waals surface area contributed by atoms with Crippen LogP contribution in [-0.2, 0) is 0 Å². The molecule has 21 heavy (non-hydrogen) atoms. The van der Waals surface area contributed by atoms with Crippen LogP contribution in [0.25, 0.3) is 0 Å². The molecule has 8 heteroatoms. The number of para-hydroxylation sites is 1. The summed E-state index contributed by atoms with van der Waals surface area (Å²) in [4.78, 5) is 0. The van der Waals surface area contributed by atoms with Crippen molar-refractivity contribution in [2.45, 2.75) is 38.3 Å². The summed E-state index contributed by atoms with van der Waals surface area (Å²) in [5.74, 6) is -0.439. The van der Waals surface area contributed by atoms with Gasteiger partial charge in [0, 0.05) is 11.6 Å². The lowest BCUT2D eigenvalue weighted by Crippen LogP contribution is -2.46. The lowest BCUT2D eigenvalue weighted by molar-refractivity contribution is -0.300. The second kappa shape index (κ2) is 6.55. The van der Waals surface area contributed by atoms with Gasteiger partial charge in [0.15, 0.2) is 0 Å². The number of hydrogen-bond donors (Lipinski definition) is 1. The van der Waals surface area contributed by atoms with Crippen molar-refractivity contribution in [3.05, 3.63) is 29.8 Å². The molecule has 0 amide bonds. The normalized spacial score (nSPS) is 14.3. The topological polar surface area (TPSA) is 21.3 Å². The largest absolute Gasteiger partial charge is 0.471 e. The molecule has 120 valence electrons. The molecule has 1 unspecified atom stereocenters. The Hall–Kier alpha value is -1.44. The fraction of sp³-hybridized carbons (Fsp3) is 0.538. The second-order valence-electron chi connectivity index (χ2n) is 4.40. The van der Waals surface area contributed by atoms with Crippen LogP contribution in [0.4, 0.5) is 26.3 Å². The molecule has 0 aromatic heterocycles. The molecule has 2 nitrogen and oxygen atoms in total. The molecule has 0 saturated carbocycles. The Morgan fingerprint density at radius 3 is 2.05 bits per heavy atom. The molecule has 1 atom stereocenters. The Balaban J connectivity index is 3.11. The average Bonchev–Trinajstić information content (AvgIpc) is 2.34. The highest BCUT2D eigenvalue weighted by molar-refractivity contribution is 5.36. The van der Waals surface area contributed by atoms with Gasteiger partial charge in [0.1, 0.15) is 5.75 Å². The van der Waals surface area contributed by atoms with E-state index in [2.05, 4.69) is 10.1 Å². The first kappa shape index (κ1) is 17.6. The van der Waals surface area contributed by atoms with Gasteiger partial charge in [-0.05, 0) is 19.5 Å². The second-order valence-corrected chi connectivity index (χ2v) is 4.40. The molecule has 0 aliphatic heterocycles. The highest BCUT2D eigenvalue weighted by Gasteiger charge is 2.59. The monoisotopic (exact) mass is 315 g/mol. The zero-order valence-corrected chi connectivity index (χ0v) is 11.3. The van der Waals surface area contributed by atoms with Crippen LogP contribution in [0.15, 0.2) is 24.3 Å². The number of halogens is 6. The molecule has 1 aromatic rings. The van der Waals surface area contributed by atoms with E-state index >= 15 is 0 Å². The molecule has 0 fully saturated rings. The van der Waals surface area contributed by atoms with Crippen LogP contribution in [0.5, 0.6) is 5.75 Å². The maximum absolute atomic E-state index is 12.5. The van der Waals surface area contributed by atoms with Crippen molar-refractivity contribution >= 4 is 0 Å². The van der Waals surface area contributed by atoms with E-state index in [9.17, 15) is 26.3 Å². The van der Waals surface area contributed by atoms with Crippen LogP contribution in [-0.4, -0.2) is 25.0 Å². The zero-order valence-electron chi connectivity index (χ0n) is 11.3. The van der Waals surface area contributed by atoms with Crippen molar-refractivity contribution in [3.8, 4) is 5.75 Å². The summed E-state index contributed by atoms with van der Waals surface area (Å²) in [5.41, 5.74) is 0.234. The van der Waals surface area contributed by atoms with Crippen LogP contribution in [0, 0.1) is 0 Å². The minimum Gasteiger partial charge on any atom is -0.471 e. The molecule has 1 rings (SSSR count). The Morgan fingerprint density at radius 1 is 1.05 bits per heavy atom. The van der Waals surface area contributed by atoms with Gasteiger partial charge in [0.25, 0.3) is 6.10 Å². The van der Waals surface area contributed by atoms with Gasteiger partial charge in [-0.25, -0.2) is 0 Å². The van der Waals surface area contributed by atoms with E-state index < -0.39 is 30.2 Å². The molecule has 0 spiro atoms. The van der Waals surface area contributed by atoms with Gasteiger partial charge in [-0.1, -0.05) is 25.1 Å². The number of benzene rings is 1. The predicted octanol–water partition coefficient (Wildman–Crippen LogP) is 4.23. The predicted molar refractivity (Wildman–Crippen MR) is 65.1 cm³/mol. The van der Waals surface area contributed by atoms with Crippen LogP contribution < -0.4 is 10.1 Å². The summed E-state index contributed by atoms with van der Waals surface area (Å²) in [6, 6.07) is 4.92. The molecule has 0 aliphatic rings.